The van der Waals surface area contributed by atoms with Gasteiger partial charge in [-0.15, -0.1) is 11.8 Å². The average molecular weight is 279 g/mol. The van der Waals surface area contributed by atoms with Crippen molar-refractivity contribution in [1.82, 2.24) is 0 Å². The van der Waals surface area contributed by atoms with Gasteiger partial charge in [0.1, 0.15) is 5.78 Å². The number of nitrogens with zero attached hydrogens (tertiary/aromatic N) is 1. The molecule has 1 unspecified atom stereocenters. The van der Waals surface area contributed by atoms with Crippen LogP contribution in [0, 0.1) is 0 Å². The molecular formula is C15H21NO2S. The van der Waals surface area contributed by atoms with Crippen molar-refractivity contribution in [2.24, 2.45) is 0 Å². The van der Waals surface area contributed by atoms with Crippen molar-refractivity contribution in [3.63, 3.8) is 0 Å². The Kier molecular flexibility index (Phi) is 4.88. The molecule has 2 rings (SSSR count). The van der Waals surface area contributed by atoms with Crippen LogP contribution < -0.4 is 4.90 Å². The topological polar surface area (TPSA) is 29.5 Å². The largest absolute Gasteiger partial charge is 0.378 e. The van der Waals surface area contributed by atoms with Gasteiger partial charge in [-0.1, -0.05) is 13.0 Å². The number of morpholine rings is 1. The number of carbonyl (C=O) groups is 1. The number of Topliss-reactive ketones (excluding diaryl/α,β-unsaturated/α-hetero) is 1. The average Bonchev–Trinajstić information content (AvgIpc) is 2.46. The van der Waals surface area contributed by atoms with Crippen LogP contribution in [0.15, 0.2) is 23.1 Å². The minimum Gasteiger partial charge on any atom is -0.378 e. The fraction of sp³-hybridized carbons (Fsp3) is 0.533. The fourth-order valence-corrected chi connectivity index (χ4v) is 2.75. The molecule has 1 aliphatic rings. The summed E-state index contributed by atoms with van der Waals surface area (Å²) in [4.78, 5) is 15.3. The summed E-state index contributed by atoms with van der Waals surface area (Å²) in [7, 11) is 0. The Morgan fingerprint density at radius 1 is 1.37 bits per heavy atom. The third-order valence-electron chi connectivity index (χ3n) is 3.67. The van der Waals surface area contributed by atoms with Crippen LogP contribution in [0.1, 0.15) is 25.3 Å². The number of benzene rings is 1. The van der Waals surface area contributed by atoms with Crippen molar-refractivity contribution in [3.05, 3.63) is 23.8 Å². The van der Waals surface area contributed by atoms with Gasteiger partial charge >= 0.3 is 0 Å². The Bertz CT molecular complexity index is 455. The SMILES string of the molecule is CSc1ccc(C(C)C(C)=O)c(N2CCOCC2)c1. The summed E-state index contributed by atoms with van der Waals surface area (Å²) in [5, 5.41) is 0. The second kappa shape index (κ2) is 6.44. The van der Waals surface area contributed by atoms with Crippen LogP contribution in [0.4, 0.5) is 5.69 Å². The molecule has 0 spiro atoms. The molecule has 0 bridgehead atoms. The highest BCUT2D eigenvalue weighted by atomic mass is 32.2. The van der Waals surface area contributed by atoms with Crippen LogP contribution >= 0.6 is 11.8 Å². The van der Waals surface area contributed by atoms with Gasteiger partial charge < -0.3 is 9.64 Å². The van der Waals surface area contributed by atoms with Gasteiger partial charge in [0.2, 0.25) is 0 Å². The maximum Gasteiger partial charge on any atom is 0.137 e. The third kappa shape index (κ3) is 3.31. The van der Waals surface area contributed by atoms with Gasteiger partial charge in [0, 0.05) is 29.6 Å². The first kappa shape index (κ1) is 14.4. The maximum absolute atomic E-state index is 11.7. The Morgan fingerprint density at radius 2 is 2.05 bits per heavy atom. The second-order valence-electron chi connectivity index (χ2n) is 4.86. The van der Waals surface area contributed by atoms with E-state index < -0.39 is 0 Å². The number of anilines is 1. The van der Waals surface area contributed by atoms with E-state index in [0.29, 0.717) is 0 Å². The molecule has 0 radical (unpaired) electrons. The predicted octanol–water partition coefficient (Wildman–Crippen LogP) is 2.94. The zero-order valence-corrected chi connectivity index (χ0v) is 12.6. The van der Waals surface area contributed by atoms with E-state index in [-0.39, 0.29) is 11.7 Å². The first-order valence-corrected chi connectivity index (χ1v) is 7.87. The van der Waals surface area contributed by atoms with E-state index in [1.807, 2.05) is 6.92 Å². The molecule has 1 aliphatic heterocycles. The van der Waals surface area contributed by atoms with Crippen molar-refractivity contribution < 1.29 is 9.53 Å². The molecule has 0 aromatic heterocycles. The van der Waals surface area contributed by atoms with Crippen LogP contribution in [-0.4, -0.2) is 38.3 Å². The lowest BCUT2D eigenvalue weighted by Crippen LogP contribution is -2.37. The van der Waals surface area contributed by atoms with Crippen molar-refractivity contribution in [2.75, 3.05) is 37.5 Å². The molecule has 1 fully saturated rings. The van der Waals surface area contributed by atoms with Gasteiger partial charge in [-0.05, 0) is 30.9 Å². The van der Waals surface area contributed by atoms with Gasteiger partial charge in [0.25, 0.3) is 0 Å². The first-order chi connectivity index (χ1) is 9.13. The third-order valence-corrected chi connectivity index (χ3v) is 4.39. The normalized spacial score (nSPS) is 17.3. The number of ketones is 1. The van der Waals surface area contributed by atoms with E-state index in [1.165, 1.54) is 10.6 Å². The van der Waals surface area contributed by atoms with Gasteiger partial charge in [0.05, 0.1) is 13.2 Å². The molecule has 3 nitrogen and oxygen atoms in total. The monoisotopic (exact) mass is 279 g/mol. The highest BCUT2D eigenvalue weighted by Crippen LogP contribution is 2.32. The highest BCUT2D eigenvalue weighted by molar-refractivity contribution is 7.98. The summed E-state index contributed by atoms with van der Waals surface area (Å²) < 4.78 is 5.41. The fourth-order valence-electron chi connectivity index (χ4n) is 2.31. The summed E-state index contributed by atoms with van der Waals surface area (Å²) in [6.07, 6.45) is 2.08. The number of ether oxygens (including phenoxy) is 1. The van der Waals surface area contributed by atoms with Crippen LogP contribution in [0.25, 0.3) is 0 Å². The predicted molar refractivity (Wildman–Crippen MR) is 80.4 cm³/mol. The molecule has 0 N–H and O–H groups in total. The van der Waals surface area contributed by atoms with Crippen LogP contribution in [-0.2, 0) is 9.53 Å². The highest BCUT2D eigenvalue weighted by Gasteiger charge is 2.20. The van der Waals surface area contributed by atoms with Gasteiger partial charge in [-0.25, -0.2) is 0 Å². The van der Waals surface area contributed by atoms with E-state index in [0.717, 1.165) is 31.9 Å². The molecule has 1 atom stereocenters. The van der Waals surface area contributed by atoms with Crippen molar-refractivity contribution in [3.8, 4) is 0 Å². The Hall–Kier alpha value is -1.00. The quantitative estimate of drug-likeness (QED) is 0.793. The lowest BCUT2D eigenvalue weighted by Gasteiger charge is -2.32. The molecule has 1 saturated heterocycles. The van der Waals surface area contributed by atoms with Crippen molar-refractivity contribution in [2.45, 2.75) is 24.7 Å². The van der Waals surface area contributed by atoms with E-state index in [2.05, 4.69) is 29.4 Å². The molecule has 4 heteroatoms. The van der Waals surface area contributed by atoms with Crippen LogP contribution in [0.3, 0.4) is 0 Å². The molecule has 19 heavy (non-hydrogen) atoms. The van der Waals surface area contributed by atoms with E-state index >= 15 is 0 Å². The zero-order chi connectivity index (χ0) is 13.8. The molecular weight excluding hydrogens is 258 g/mol. The summed E-state index contributed by atoms with van der Waals surface area (Å²) in [5.74, 6) is 0.167. The summed E-state index contributed by atoms with van der Waals surface area (Å²) >= 11 is 1.73. The number of hydrogen-bond acceptors (Lipinski definition) is 4. The number of carbonyl (C=O) groups excluding carboxylic acids is 1. The van der Waals surface area contributed by atoms with Crippen molar-refractivity contribution >= 4 is 23.2 Å². The van der Waals surface area contributed by atoms with Gasteiger partial charge in [-0.2, -0.15) is 0 Å². The standard InChI is InChI=1S/C15H21NO2S/c1-11(12(2)17)14-5-4-13(19-3)10-15(14)16-6-8-18-9-7-16/h4-5,10-11H,6-9H2,1-3H3. The molecule has 104 valence electrons. The number of rotatable bonds is 4. The zero-order valence-electron chi connectivity index (χ0n) is 11.8. The molecule has 0 amide bonds. The summed E-state index contributed by atoms with van der Waals surface area (Å²) in [5.41, 5.74) is 2.32. The number of thioether (sulfide) groups is 1. The van der Waals surface area contributed by atoms with Gasteiger partial charge in [-0.3, -0.25) is 4.79 Å². The maximum atomic E-state index is 11.7. The Balaban J connectivity index is 2.38. The van der Waals surface area contributed by atoms with Crippen LogP contribution in [0.5, 0.6) is 0 Å². The Labute approximate surface area is 119 Å². The minimum absolute atomic E-state index is 0.0475. The van der Waals surface area contributed by atoms with Crippen LogP contribution in [0.2, 0.25) is 0 Å². The van der Waals surface area contributed by atoms with E-state index in [9.17, 15) is 4.79 Å². The number of hydrogen-bond donors (Lipinski definition) is 0. The Morgan fingerprint density at radius 3 is 2.63 bits per heavy atom. The van der Waals surface area contributed by atoms with E-state index in [1.54, 1.807) is 18.7 Å². The lowest BCUT2D eigenvalue weighted by molar-refractivity contribution is -0.118. The summed E-state index contributed by atoms with van der Waals surface area (Å²) in [6.45, 7) is 6.97. The van der Waals surface area contributed by atoms with E-state index in [4.69, 9.17) is 4.74 Å². The van der Waals surface area contributed by atoms with Crippen molar-refractivity contribution in [1.29, 1.82) is 0 Å². The smallest absolute Gasteiger partial charge is 0.137 e. The molecule has 1 aromatic rings. The summed E-state index contributed by atoms with van der Waals surface area (Å²) in [6, 6.07) is 6.40. The molecule has 0 saturated carbocycles. The lowest BCUT2D eigenvalue weighted by atomic mass is 9.95. The first-order valence-electron chi connectivity index (χ1n) is 6.64. The second-order valence-corrected chi connectivity index (χ2v) is 5.74. The molecule has 1 aromatic carbocycles. The molecule has 0 aliphatic carbocycles. The molecule has 1 heterocycles. The van der Waals surface area contributed by atoms with Gasteiger partial charge in [0.15, 0.2) is 0 Å². The minimum atomic E-state index is -0.0475.